The van der Waals surface area contributed by atoms with Crippen molar-refractivity contribution in [2.45, 2.75) is 6.54 Å². The lowest BCUT2D eigenvalue weighted by Gasteiger charge is -2.12. The second-order valence-electron chi connectivity index (χ2n) is 4.72. The number of hydrogen-bond donors (Lipinski definition) is 1. The molecule has 2 rings (SSSR count). The van der Waals surface area contributed by atoms with Crippen molar-refractivity contribution in [3.8, 4) is 11.5 Å². The third kappa shape index (κ3) is 3.88. The van der Waals surface area contributed by atoms with Crippen molar-refractivity contribution in [1.82, 2.24) is 4.57 Å². The first-order chi connectivity index (χ1) is 11.4. The molecule has 0 fully saturated rings. The molecule has 1 aromatic heterocycles. The topological polar surface area (TPSA) is 113 Å². The van der Waals surface area contributed by atoms with E-state index in [4.69, 9.17) is 9.47 Å². The number of rotatable bonds is 6. The number of pyridine rings is 1. The van der Waals surface area contributed by atoms with Gasteiger partial charge in [0.05, 0.1) is 31.0 Å². The standard InChI is InChI=1S/C15H15N3O6/c1-23-11-4-5-12(13(7-11)24-2)16-14(19)9-17-8-10(18(21)22)3-6-15(17)20/h3-8H,9H2,1-2H3,(H,16,19). The van der Waals surface area contributed by atoms with E-state index in [-0.39, 0.29) is 12.2 Å². The number of amides is 1. The smallest absolute Gasteiger partial charge is 0.285 e. The van der Waals surface area contributed by atoms with E-state index < -0.39 is 16.4 Å². The first kappa shape index (κ1) is 17.0. The van der Waals surface area contributed by atoms with Gasteiger partial charge in [-0.05, 0) is 12.1 Å². The molecule has 0 atom stereocenters. The second kappa shape index (κ2) is 7.27. The van der Waals surface area contributed by atoms with Gasteiger partial charge in [-0.3, -0.25) is 24.3 Å². The number of aromatic nitrogens is 1. The molecule has 0 aliphatic carbocycles. The van der Waals surface area contributed by atoms with Crippen LogP contribution in [-0.2, 0) is 11.3 Å². The van der Waals surface area contributed by atoms with Crippen LogP contribution in [0.2, 0.25) is 0 Å². The zero-order valence-electron chi connectivity index (χ0n) is 13.0. The summed E-state index contributed by atoms with van der Waals surface area (Å²) >= 11 is 0. The summed E-state index contributed by atoms with van der Waals surface area (Å²) in [6.45, 7) is -0.365. The summed E-state index contributed by atoms with van der Waals surface area (Å²) in [4.78, 5) is 33.9. The van der Waals surface area contributed by atoms with Gasteiger partial charge in [-0.1, -0.05) is 0 Å². The fourth-order valence-corrected chi connectivity index (χ4v) is 2.00. The van der Waals surface area contributed by atoms with E-state index in [2.05, 4.69) is 5.32 Å². The van der Waals surface area contributed by atoms with Gasteiger partial charge in [0.25, 0.3) is 11.2 Å². The minimum atomic E-state index is -0.639. The van der Waals surface area contributed by atoms with Crippen molar-refractivity contribution in [2.24, 2.45) is 0 Å². The highest BCUT2D eigenvalue weighted by Crippen LogP contribution is 2.28. The highest BCUT2D eigenvalue weighted by atomic mass is 16.6. The Hall–Kier alpha value is -3.36. The molecule has 24 heavy (non-hydrogen) atoms. The summed E-state index contributed by atoms with van der Waals surface area (Å²) in [5.74, 6) is 0.412. The van der Waals surface area contributed by atoms with E-state index in [0.717, 1.165) is 22.9 Å². The Bertz CT molecular complexity index is 830. The van der Waals surface area contributed by atoms with Crippen molar-refractivity contribution in [3.05, 3.63) is 57.0 Å². The predicted octanol–water partition coefficient (Wildman–Crippen LogP) is 1.41. The summed E-state index contributed by atoms with van der Waals surface area (Å²) in [7, 11) is 2.94. The van der Waals surface area contributed by atoms with Gasteiger partial charge in [0, 0.05) is 18.2 Å². The number of carbonyl (C=O) groups is 1. The SMILES string of the molecule is COc1ccc(NC(=O)Cn2cc([N+](=O)[O-])ccc2=O)c(OC)c1. The molecule has 0 bridgehead atoms. The fraction of sp³-hybridized carbons (Fsp3) is 0.200. The number of methoxy groups -OCH3 is 2. The molecule has 0 unspecified atom stereocenters. The zero-order valence-corrected chi connectivity index (χ0v) is 13.0. The van der Waals surface area contributed by atoms with Crippen molar-refractivity contribution >= 4 is 17.3 Å². The Balaban J connectivity index is 2.18. The lowest BCUT2D eigenvalue weighted by molar-refractivity contribution is -0.385. The van der Waals surface area contributed by atoms with Crippen LogP contribution in [0.1, 0.15) is 0 Å². The average Bonchev–Trinajstić information content (AvgIpc) is 2.56. The third-order valence-electron chi connectivity index (χ3n) is 3.18. The molecule has 2 aromatic rings. The van der Waals surface area contributed by atoms with Gasteiger partial charge >= 0.3 is 0 Å². The number of benzene rings is 1. The van der Waals surface area contributed by atoms with Gasteiger partial charge in [0.15, 0.2) is 0 Å². The van der Waals surface area contributed by atoms with Crippen molar-refractivity contribution in [1.29, 1.82) is 0 Å². The number of carbonyl (C=O) groups excluding carboxylic acids is 1. The summed E-state index contributed by atoms with van der Waals surface area (Å²) in [5, 5.41) is 13.3. The summed E-state index contributed by atoms with van der Waals surface area (Å²) in [6.07, 6.45) is 1.02. The van der Waals surface area contributed by atoms with Crippen LogP contribution in [0.3, 0.4) is 0 Å². The van der Waals surface area contributed by atoms with Crippen LogP contribution < -0.4 is 20.3 Å². The van der Waals surface area contributed by atoms with Crippen molar-refractivity contribution in [3.63, 3.8) is 0 Å². The number of hydrogen-bond acceptors (Lipinski definition) is 6. The Morgan fingerprint density at radius 3 is 2.62 bits per heavy atom. The molecule has 0 saturated heterocycles. The van der Waals surface area contributed by atoms with E-state index in [9.17, 15) is 19.7 Å². The Kier molecular flexibility index (Phi) is 5.15. The van der Waals surface area contributed by atoms with Crippen LogP contribution >= 0.6 is 0 Å². The minimum absolute atomic E-state index is 0.274. The maximum absolute atomic E-state index is 12.1. The highest BCUT2D eigenvalue weighted by Gasteiger charge is 2.13. The molecule has 0 spiro atoms. The molecular formula is C15H15N3O6. The first-order valence-electron chi connectivity index (χ1n) is 6.81. The number of nitrogens with one attached hydrogen (secondary N) is 1. The van der Waals surface area contributed by atoms with E-state index >= 15 is 0 Å². The van der Waals surface area contributed by atoms with Crippen molar-refractivity contribution < 1.29 is 19.2 Å². The zero-order chi connectivity index (χ0) is 17.7. The maximum atomic E-state index is 12.1. The van der Waals surface area contributed by atoms with E-state index in [1.165, 1.54) is 14.2 Å². The largest absolute Gasteiger partial charge is 0.497 e. The third-order valence-corrected chi connectivity index (χ3v) is 3.18. The molecular weight excluding hydrogens is 318 g/mol. The molecule has 0 aliphatic heterocycles. The molecule has 0 aliphatic rings. The van der Waals surface area contributed by atoms with Gasteiger partial charge in [-0.2, -0.15) is 0 Å². The van der Waals surface area contributed by atoms with Crippen LogP contribution in [0.25, 0.3) is 0 Å². The van der Waals surface area contributed by atoms with Crippen LogP contribution in [0.15, 0.2) is 41.3 Å². The Morgan fingerprint density at radius 1 is 1.25 bits per heavy atom. The molecule has 1 N–H and O–H groups in total. The van der Waals surface area contributed by atoms with Crippen molar-refractivity contribution in [2.75, 3.05) is 19.5 Å². The molecule has 9 heteroatoms. The summed E-state index contributed by atoms with van der Waals surface area (Å²) < 4.78 is 11.2. The van der Waals surface area contributed by atoms with Crippen LogP contribution in [0.5, 0.6) is 11.5 Å². The monoisotopic (exact) mass is 333 g/mol. The first-order valence-corrected chi connectivity index (χ1v) is 6.81. The van der Waals surface area contributed by atoms with Gasteiger partial charge in [-0.15, -0.1) is 0 Å². The summed E-state index contributed by atoms with van der Waals surface area (Å²) in [6, 6.07) is 6.95. The van der Waals surface area contributed by atoms with E-state index in [0.29, 0.717) is 17.2 Å². The minimum Gasteiger partial charge on any atom is -0.497 e. The van der Waals surface area contributed by atoms with Crippen LogP contribution in [0, 0.1) is 10.1 Å². The molecule has 9 nitrogen and oxygen atoms in total. The highest BCUT2D eigenvalue weighted by molar-refractivity contribution is 5.92. The Morgan fingerprint density at radius 2 is 2.00 bits per heavy atom. The predicted molar refractivity (Wildman–Crippen MR) is 85.5 cm³/mol. The van der Waals surface area contributed by atoms with Gasteiger partial charge in [0.2, 0.25) is 5.91 Å². The molecule has 126 valence electrons. The van der Waals surface area contributed by atoms with Gasteiger partial charge in [-0.25, -0.2) is 0 Å². The molecule has 1 aromatic carbocycles. The lowest BCUT2D eigenvalue weighted by Crippen LogP contribution is -2.27. The summed E-state index contributed by atoms with van der Waals surface area (Å²) in [5.41, 5.74) is -0.399. The number of nitro groups is 1. The van der Waals surface area contributed by atoms with Crippen LogP contribution in [-0.4, -0.2) is 29.6 Å². The molecule has 0 radical (unpaired) electrons. The fourth-order valence-electron chi connectivity index (χ4n) is 2.00. The number of anilines is 1. The average molecular weight is 333 g/mol. The van der Waals surface area contributed by atoms with E-state index in [1.54, 1.807) is 18.2 Å². The van der Waals surface area contributed by atoms with E-state index in [1.807, 2.05) is 0 Å². The Labute approximate surface area is 136 Å². The van der Waals surface area contributed by atoms with Gasteiger partial charge < -0.3 is 14.8 Å². The second-order valence-corrected chi connectivity index (χ2v) is 4.72. The normalized spacial score (nSPS) is 10.1. The molecule has 0 saturated carbocycles. The molecule has 1 heterocycles. The van der Waals surface area contributed by atoms with Gasteiger partial charge in [0.1, 0.15) is 18.0 Å². The number of ether oxygens (including phenoxy) is 2. The molecule has 1 amide bonds. The maximum Gasteiger partial charge on any atom is 0.285 e. The quantitative estimate of drug-likeness (QED) is 0.632. The number of nitrogens with zero attached hydrogens (tertiary/aromatic N) is 2. The lowest BCUT2D eigenvalue weighted by atomic mass is 10.2. The van der Waals surface area contributed by atoms with Crippen LogP contribution in [0.4, 0.5) is 11.4 Å².